The van der Waals surface area contributed by atoms with Crippen LogP contribution >= 0.6 is 7.92 Å². The van der Waals surface area contributed by atoms with Gasteiger partial charge in [-0.25, -0.2) is 4.79 Å². The van der Waals surface area contributed by atoms with E-state index in [0.29, 0.717) is 31.1 Å². The highest BCUT2D eigenvalue weighted by Gasteiger charge is 2.38. The predicted molar refractivity (Wildman–Crippen MR) is 305 cm³/mol. The molecule has 0 saturated heterocycles. The van der Waals surface area contributed by atoms with Gasteiger partial charge >= 0.3 is 6.09 Å². The van der Waals surface area contributed by atoms with Gasteiger partial charge in [-0.05, 0) is 141 Å². The van der Waals surface area contributed by atoms with Crippen molar-refractivity contribution in [1.82, 2.24) is 5.32 Å². The number of hydrogen-bond donors (Lipinski definition) is 3. The summed E-state index contributed by atoms with van der Waals surface area (Å²) in [4.78, 5) is 26.0. The fourth-order valence-corrected chi connectivity index (χ4v) is 11.5. The van der Waals surface area contributed by atoms with Crippen LogP contribution in [0.1, 0.15) is 94.7 Å². The zero-order chi connectivity index (χ0) is 52.3. The highest BCUT2D eigenvalue weighted by atomic mass is 31.1. The monoisotopic (exact) mass is 998 g/mol. The molecule has 2 amide bonds. The number of aryl methyl sites for hydroxylation is 4. The summed E-state index contributed by atoms with van der Waals surface area (Å²) in [5.74, 6) is 1.69. The molecule has 382 valence electrons. The number of ether oxygens (including phenoxy) is 3. The second-order valence-electron chi connectivity index (χ2n) is 20.0. The zero-order valence-corrected chi connectivity index (χ0v) is 45.3. The number of benzene rings is 7. The number of alkyl carbamates (subject to hydrolysis) is 1. The van der Waals surface area contributed by atoms with Gasteiger partial charge < -0.3 is 30.6 Å². The predicted octanol–water partition coefficient (Wildman–Crippen LogP) is 13.8. The van der Waals surface area contributed by atoms with Gasteiger partial charge in [0.1, 0.15) is 30.3 Å². The summed E-state index contributed by atoms with van der Waals surface area (Å²) < 4.78 is 17.5. The van der Waals surface area contributed by atoms with Crippen LogP contribution in [0.5, 0.6) is 11.5 Å². The lowest BCUT2D eigenvalue weighted by Crippen LogP contribution is -2.49. The van der Waals surface area contributed by atoms with Gasteiger partial charge in [0.15, 0.2) is 0 Å². The lowest BCUT2D eigenvalue weighted by molar-refractivity contribution is -0.123. The highest BCUT2D eigenvalue weighted by Crippen LogP contribution is 2.38. The van der Waals surface area contributed by atoms with Crippen LogP contribution in [0.15, 0.2) is 176 Å². The summed E-state index contributed by atoms with van der Waals surface area (Å²) in [5.41, 5.74) is 13.6. The molecule has 8 rings (SSSR count). The first kappa shape index (κ1) is 55.4. The Labute approximate surface area is 436 Å². The summed E-state index contributed by atoms with van der Waals surface area (Å²) in [6, 6.07) is 60.6. The maximum absolute atomic E-state index is 13.6. The molecule has 9 heteroatoms. The van der Waals surface area contributed by atoms with E-state index in [-0.39, 0.29) is 29.7 Å². The van der Waals surface area contributed by atoms with Crippen LogP contribution in [0.4, 0.5) is 16.2 Å². The van der Waals surface area contributed by atoms with E-state index in [1.54, 1.807) is 0 Å². The SMILES string of the molecule is CCc1cc(C)c(OCc2ccccc2)c(N)c1.CCc1cc(C)c(OCc2ccccc2)c(NC(=O)[C@@H]2C[C@H](NC(=O)OC(C)(C)C)[C@@H](C)C[C@H]2C)c1.c1ccc(P(c2ccccc2)c2ccccc2)cc1. The van der Waals surface area contributed by atoms with Crippen molar-refractivity contribution in [2.45, 2.75) is 113 Å². The van der Waals surface area contributed by atoms with Crippen LogP contribution in [0.3, 0.4) is 0 Å². The maximum Gasteiger partial charge on any atom is 0.407 e. The van der Waals surface area contributed by atoms with E-state index >= 15 is 0 Å². The Morgan fingerprint density at radius 3 is 1.44 bits per heavy atom. The number of nitrogens with two attached hydrogens (primary N) is 1. The quantitative estimate of drug-likeness (QED) is 0.0739. The summed E-state index contributed by atoms with van der Waals surface area (Å²) in [5, 5.41) is 10.4. The lowest BCUT2D eigenvalue weighted by atomic mass is 9.72. The number of hydrogen-bond acceptors (Lipinski definition) is 6. The van der Waals surface area contributed by atoms with E-state index in [2.05, 4.69) is 141 Å². The van der Waals surface area contributed by atoms with Crippen LogP contribution < -0.4 is 41.8 Å². The third-order valence-electron chi connectivity index (χ3n) is 12.9. The molecule has 4 N–H and O–H groups in total. The molecule has 1 saturated carbocycles. The zero-order valence-electron chi connectivity index (χ0n) is 44.4. The molecule has 1 fully saturated rings. The summed E-state index contributed by atoms with van der Waals surface area (Å²) >= 11 is 0. The second kappa shape index (κ2) is 27.2. The molecule has 0 unspecified atom stereocenters. The summed E-state index contributed by atoms with van der Waals surface area (Å²) in [6.07, 6.45) is 2.84. The summed E-state index contributed by atoms with van der Waals surface area (Å²) in [7, 11) is -0.446. The molecule has 0 spiro atoms. The number of amides is 2. The van der Waals surface area contributed by atoms with E-state index < -0.39 is 19.6 Å². The van der Waals surface area contributed by atoms with Crippen LogP contribution in [-0.4, -0.2) is 23.6 Å². The van der Waals surface area contributed by atoms with Crippen molar-refractivity contribution in [2.24, 2.45) is 17.8 Å². The molecule has 7 aromatic carbocycles. The smallest absolute Gasteiger partial charge is 0.407 e. The van der Waals surface area contributed by atoms with Gasteiger partial charge in [0.2, 0.25) is 5.91 Å². The molecule has 4 atom stereocenters. The molecule has 8 nitrogen and oxygen atoms in total. The minimum atomic E-state index is -0.565. The lowest BCUT2D eigenvalue weighted by Gasteiger charge is -2.38. The summed E-state index contributed by atoms with van der Waals surface area (Å²) in [6.45, 7) is 19.0. The molecule has 73 heavy (non-hydrogen) atoms. The molecule has 1 aliphatic carbocycles. The number of carbonyl (C=O) groups excluding carboxylic acids is 2. The van der Waals surface area contributed by atoms with Gasteiger partial charge in [0.25, 0.3) is 0 Å². The Bertz CT molecular complexity index is 2670. The molecular weight excluding hydrogens is 922 g/mol. The van der Waals surface area contributed by atoms with Gasteiger partial charge in [-0.1, -0.05) is 191 Å². The molecule has 0 radical (unpaired) electrons. The van der Waals surface area contributed by atoms with Crippen molar-refractivity contribution in [3.8, 4) is 11.5 Å². The topological polar surface area (TPSA) is 112 Å². The van der Waals surface area contributed by atoms with Crippen molar-refractivity contribution in [1.29, 1.82) is 0 Å². The molecular formula is C64H76N3O5P. The molecule has 0 heterocycles. The second-order valence-corrected chi connectivity index (χ2v) is 22.2. The van der Waals surface area contributed by atoms with E-state index in [1.165, 1.54) is 21.5 Å². The van der Waals surface area contributed by atoms with Gasteiger partial charge in [0, 0.05) is 12.0 Å². The van der Waals surface area contributed by atoms with Gasteiger partial charge in [-0.15, -0.1) is 0 Å². The first-order valence-electron chi connectivity index (χ1n) is 25.7. The number of anilines is 2. The average Bonchev–Trinajstić information content (AvgIpc) is 3.38. The molecule has 0 bridgehead atoms. The van der Waals surface area contributed by atoms with Crippen LogP contribution in [0, 0.1) is 31.6 Å². The maximum atomic E-state index is 13.6. The van der Waals surface area contributed by atoms with Gasteiger partial charge in [-0.2, -0.15) is 0 Å². The third-order valence-corrected chi connectivity index (χ3v) is 15.4. The third kappa shape index (κ3) is 16.8. The molecule has 1 aliphatic rings. The van der Waals surface area contributed by atoms with Gasteiger partial charge in [0.05, 0.1) is 11.4 Å². The van der Waals surface area contributed by atoms with Crippen molar-refractivity contribution < 1.29 is 23.8 Å². The van der Waals surface area contributed by atoms with Crippen molar-refractivity contribution >= 4 is 47.2 Å². The van der Waals surface area contributed by atoms with E-state index in [9.17, 15) is 9.59 Å². The Morgan fingerprint density at radius 1 is 0.575 bits per heavy atom. The number of carbonyl (C=O) groups is 2. The average molecular weight is 998 g/mol. The van der Waals surface area contributed by atoms with Crippen molar-refractivity contribution in [3.05, 3.63) is 209 Å². The van der Waals surface area contributed by atoms with Crippen LogP contribution in [0.25, 0.3) is 0 Å². The molecule has 7 aromatic rings. The Kier molecular flexibility index (Phi) is 20.7. The van der Waals surface area contributed by atoms with Crippen LogP contribution in [0.2, 0.25) is 0 Å². The number of rotatable bonds is 14. The molecule has 0 aromatic heterocycles. The highest BCUT2D eigenvalue weighted by molar-refractivity contribution is 7.79. The van der Waals surface area contributed by atoms with Crippen molar-refractivity contribution in [3.63, 3.8) is 0 Å². The normalized spacial score (nSPS) is 16.1. The van der Waals surface area contributed by atoms with E-state index in [0.717, 1.165) is 58.5 Å². The Balaban J connectivity index is 0.000000196. The van der Waals surface area contributed by atoms with Crippen molar-refractivity contribution in [2.75, 3.05) is 11.1 Å². The number of nitrogens with one attached hydrogen (secondary N) is 2. The minimum Gasteiger partial charge on any atom is -0.486 e. The first-order valence-corrected chi connectivity index (χ1v) is 27.1. The number of nitrogen functional groups attached to an aromatic ring is 1. The first-order chi connectivity index (χ1) is 35.1. The minimum absolute atomic E-state index is 0.0393. The van der Waals surface area contributed by atoms with E-state index in [4.69, 9.17) is 19.9 Å². The van der Waals surface area contributed by atoms with Gasteiger partial charge in [-0.3, -0.25) is 4.79 Å². The standard InChI is InChI=1S/C30H42N2O4.C18H15P.C16H19NO/c1-8-22-15-21(4)27(35-18-23-12-10-9-11-13-23)26(16-22)31-28(33)24-17-25(20(3)14-19(24)2)32-29(34)36-30(5,6)7;1-4-10-16(11-5-1)19(17-12-6-2-7-13-17)18-14-8-3-9-15-18;1-3-13-9-12(2)16(15(17)10-13)18-11-14-7-5-4-6-8-14/h9-13,15-16,19-20,24-25H,8,14,17-18H2,1-7H3,(H,31,33)(H,32,34);1-15H;4-10H,3,11,17H2,1-2H3/t19-,20+,24-,25+;;/m1../s1. The Morgan fingerprint density at radius 2 is 1.00 bits per heavy atom. The molecule has 0 aliphatic heterocycles. The fourth-order valence-electron chi connectivity index (χ4n) is 9.16. The van der Waals surface area contributed by atoms with Crippen LogP contribution in [-0.2, 0) is 35.6 Å². The van der Waals surface area contributed by atoms with E-state index in [1.807, 2.05) is 107 Å². The Hall–Kier alpha value is -6.89. The fraction of sp³-hybridized carbons (Fsp3) is 0.312. The largest absolute Gasteiger partial charge is 0.486 e.